The largest absolute Gasteiger partial charge is 0.416 e. The zero-order valence-electron chi connectivity index (χ0n) is 9.72. The van der Waals surface area contributed by atoms with Crippen LogP contribution in [0.15, 0.2) is 24.3 Å². The summed E-state index contributed by atoms with van der Waals surface area (Å²) in [6.07, 6.45) is -3.34. The van der Waals surface area contributed by atoms with Crippen molar-refractivity contribution in [3.8, 4) is 0 Å². The Balaban J connectivity index is 2.26. The molecular weight excluding hydrogens is 227 g/mol. The molecule has 0 unspecified atom stereocenters. The third kappa shape index (κ3) is 2.80. The monoisotopic (exact) mass is 243 g/mol. The fourth-order valence-electron chi connectivity index (χ4n) is 2.45. The Morgan fingerprint density at radius 1 is 1.29 bits per heavy atom. The number of benzene rings is 1. The molecule has 0 aromatic heterocycles. The number of halogens is 3. The van der Waals surface area contributed by atoms with E-state index in [0.29, 0.717) is 5.92 Å². The van der Waals surface area contributed by atoms with Gasteiger partial charge in [0.2, 0.25) is 0 Å². The van der Waals surface area contributed by atoms with Gasteiger partial charge >= 0.3 is 6.18 Å². The van der Waals surface area contributed by atoms with Crippen molar-refractivity contribution in [3.05, 3.63) is 35.4 Å². The number of hydrogen-bond acceptors (Lipinski definition) is 1. The first-order valence-electron chi connectivity index (χ1n) is 5.86. The van der Waals surface area contributed by atoms with Gasteiger partial charge < -0.3 is 5.32 Å². The van der Waals surface area contributed by atoms with Crippen LogP contribution in [0.2, 0.25) is 0 Å². The van der Waals surface area contributed by atoms with Crippen LogP contribution in [0.25, 0.3) is 0 Å². The van der Waals surface area contributed by atoms with Gasteiger partial charge in [0.15, 0.2) is 0 Å². The first-order chi connectivity index (χ1) is 7.98. The molecule has 2 rings (SSSR count). The fourth-order valence-corrected chi connectivity index (χ4v) is 2.45. The molecule has 1 fully saturated rings. The van der Waals surface area contributed by atoms with Gasteiger partial charge in [-0.05, 0) is 43.0 Å². The summed E-state index contributed by atoms with van der Waals surface area (Å²) in [6.45, 7) is 3.84. The highest BCUT2D eigenvalue weighted by molar-refractivity contribution is 5.29. The maximum Gasteiger partial charge on any atom is 0.416 e. The normalized spacial score (nSPS) is 25.9. The maximum absolute atomic E-state index is 12.6. The second-order valence-electron chi connectivity index (χ2n) is 4.70. The topological polar surface area (TPSA) is 12.0 Å². The minimum Gasteiger partial charge on any atom is -0.316 e. The van der Waals surface area contributed by atoms with Gasteiger partial charge in [0.1, 0.15) is 0 Å². The molecule has 94 valence electrons. The van der Waals surface area contributed by atoms with Gasteiger partial charge in [-0.3, -0.25) is 0 Å². The molecule has 4 heteroatoms. The highest BCUT2D eigenvalue weighted by atomic mass is 19.4. The van der Waals surface area contributed by atoms with Crippen LogP contribution in [0.3, 0.4) is 0 Å². The lowest BCUT2D eigenvalue weighted by Gasteiger charge is -2.30. The Morgan fingerprint density at radius 3 is 2.71 bits per heavy atom. The first kappa shape index (κ1) is 12.4. The molecular formula is C13H16F3N. The van der Waals surface area contributed by atoms with Crippen molar-refractivity contribution in [2.45, 2.75) is 25.4 Å². The lowest BCUT2D eigenvalue weighted by atomic mass is 9.82. The SMILES string of the molecule is C[C@@H]1CNCC[C@@H]1c1cccc(C(F)(F)F)c1. The van der Waals surface area contributed by atoms with Crippen molar-refractivity contribution in [2.24, 2.45) is 5.92 Å². The van der Waals surface area contributed by atoms with Gasteiger partial charge in [-0.15, -0.1) is 0 Å². The van der Waals surface area contributed by atoms with Crippen molar-refractivity contribution in [1.29, 1.82) is 0 Å². The van der Waals surface area contributed by atoms with Crippen molar-refractivity contribution in [1.82, 2.24) is 5.32 Å². The minimum absolute atomic E-state index is 0.235. The lowest BCUT2D eigenvalue weighted by molar-refractivity contribution is -0.137. The Kier molecular flexibility index (Phi) is 3.43. The second-order valence-corrected chi connectivity index (χ2v) is 4.70. The van der Waals surface area contributed by atoms with Crippen molar-refractivity contribution >= 4 is 0 Å². The minimum atomic E-state index is -4.24. The van der Waals surface area contributed by atoms with Crippen LogP contribution in [0.1, 0.15) is 30.4 Å². The molecule has 0 aliphatic carbocycles. The van der Waals surface area contributed by atoms with Crippen LogP contribution >= 0.6 is 0 Å². The van der Waals surface area contributed by atoms with E-state index in [-0.39, 0.29) is 5.92 Å². The van der Waals surface area contributed by atoms with Gasteiger partial charge in [-0.1, -0.05) is 25.1 Å². The molecule has 1 heterocycles. The standard InChI is InChI=1S/C13H16F3N/c1-9-8-17-6-5-12(9)10-3-2-4-11(7-10)13(14,15)16/h2-4,7,9,12,17H,5-6,8H2,1H3/t9-,12+/m1/s1. The van der Waals surface area contributed by atoms with Crippen LogP contribution in [0, 0.1) is 5.92 Å². The van der Waals surface area contributed by atoms with Crippen LogP contribution in [0.4, 0.5) is 13.2 Å². The highest BCUT2D eigenvalue weighted by Crippen LogP contribution is 2.34. The van der Waals surface area contributed by atoms with Crippen LogP contribution in [-0.2, 0) is 6.18 Å². The molecule has 1 N–H and O–H groups in total. The number of rotatable bonds is 1. The summed E-state index contributed by atoms with van der Waals surface area (Å²) in [6, 6.07) is 5.75. The molecule has 1 nitrogen and oxygen atoms in total. The number of alkyl halides is 3. The molecule has 0 radical (unpaired) electrons. The van der Waals surface area contributed by atoms with Crippen LogP contribution in [0.5, 0.6) is 0 Å². The zero-order chi connectivity index (χ0) is 12.5. The maximum atomic E-state index is 12.6. The van der Waals surface area contributed by atoms with E-state index in [1.807, 2.05) is 6.07 Å². The van der Waals surface area contributed by atoms with Crippen LogP contribution < -0.4 is 5.32 Å². The summed E-state index contributed by atoms with van der Waals surface area (Å²) in [4.78, 5) is 0. The van der Waals surface area contributed by atoms with Gasteiger partial charge in [0, 0.05) is 0 Å². The van der Waals surface area contributed by atoms with E-state index in [0.717, 1.165) is 31.1 Å². The molecule has 0 spiro atoms. The highest BCUT2D eigenvalue weighted by Gasteiger charge is 2.31. The molecule has 1 aliphatic rings. The van der Waals surface area contributed by atoms with E-state index in [9.17, 15) is 13.2 Å². The average Bonchev–Trinajstić information content (AvgIpc) is 2.29. The molecule has 2 atom stereocenters. The molecule has 0 amide bonds. The molecule has 1 saturated heterocycles. The summed E-state index contributed by atoms with van der Waals surface area (Å²) in [5.74, 6) is 0.616. The summed E-state index contributed by atoms with van der Waals surface area (Å²) in [5.41, 5.74) is 0.273. The Bertz CT molecular complexity index is 386. The predicted molar refractivity (Wildman–Crippen MR) is 60.8 cm³/mol. The van der Waals surface area contributed by atoms with E-state index in [1.54, 1.807) is 0 Å². The summed E-state index contributed by atoms with van der Waals surface area (Å²) in [7, 11) is 0. The Morgan fingerprint density at radius 2 is 2.06 bits per heavy atom. The summed E-state index contributed by atoms with van der Waals surface area (Å²) in [5, 5.41) is 3.26. The molecule has 17 heavy (non-hydrogen) atoms. The average molecular weight is 243 g/mol. The van der Waals surface area contributed by atoms with E-state index in [1.165, 1.54) is 12.1 Å². The van der Waals surface area contributed by atoms with Crippen molar-refractivity contribution < 1.29 is 13.2 Å². The van der Waals surface area contributed by atoms with E-state index in [4.69, 9.17) is 0 Å². The fraction of sp³-hybridized carbons (Fsp3) is 0.538. The third-order valence-electron chi connectivity index (χ3n) is 3.43. The molecule has 0 bridgehead atoms. The van der Waals surface area contributed by atoms with Gasteiger partial charge in [0.05, 0.1) is 5.56 Å². The first-order valence-corrected chi connectivity index (χ1v) is 5.86. The van der Waals surface area contributed by atoms with Gasteiger partial charge in [-0.2, -0.15) is 13.2 Å². The Hall–Kier alpha value is -1.03. The molecule has 1 aliphatic heterocycles. The lowest BCUT2D eigenvalue weighted by Crippen LogP contribution is -2.33. The van der Waals surface area contributed by atoms with E-state index >= 15 is 0 Å². The Labute approximate surface area is 99.0 Å². The number of nitrogens with one attached hydrogen (secondary N) is 1. The van der Waals surface area contributed by atoms with E-state index in [2.05, 4.69) is 12.2 Å². The van der Waals surface area contributed by atoms with Crippen molar-refractivity contribution in [3.63, 3.8) is 0 Å². The molecule has 1 aromatic carbocycles. The smallest absolute Gasteiger partial charge is 0.316 e. The third-order valence-corrected chi connectivity index (χ3v) is 3.43. The quantitative estimate of drug-likeness (QED) is 0.797. The molecule has 1 aromatic rings. The van der Waals surface area contributed by atoms with Gasteiger partial charge in [0.25, 0.3) is 0 Å². The van der Waals surface area contributed by atoms with E-state index < -0.39 is 11.7 Å². The molecule has 0 saturated carbocycles. The summed E-state index contributed by atoms with van der Waals surface area (Å²) < 4.78 is 37.9. The van der Waals surface area contributed by atoms with Gasteiger partial charge in [-0.25, -0.2) is 0 Å². The summed E-state index contributed by atoms with van der Waals surface area (Å²) >= 11 is 0. The predicted octanol–water partition coefficient (Wildman–Crippen LogP) is 3.42. The number of hydrogen-bond donors (Lipinski definition) is 1. The van der Waals surface area contributed by atoms with Crippen molar-refractivity contribution in [2.75, 3.05) is 13.1 Å². The number of piperidine rings is 1. The van der Waals surface area contributed by atoms with Crippen LogP contribution in [-0.4, -0.2) is 13.1 Å². The zero-order valence-corrected chi connectivity index (χ0v) is 9.72. The second kappa shape index (κ2) is 4.69.